The van der Waals surface area contributed by atoms with Crippen molar-refractivity contribution in [3.05, 3.63) is 35.9 Å². The van der Waals surface area contributed by atoms with Crippen LogP contribution < -0.4 is 10.6 Å². The van der Waals surface area contributed by atoms with Gasteiger partial charge in [-0.25, -0.2) is 0 Å². The molecular formula is C14H20N2O. The molecule has 2 saturated heterocycles. The monoisotopic (exact) mass is 232 g/mol. The Morgan fingerprint density at radius 2 is 2.00 bits per heavy atom. The minimum atomic E-state index is 0.00481. The lowest BCUT2D eigenvalue weighted by Crippen LogP contribution is -2.59. The highest BCUT2D eigenvalue weighted by Gasteiger charge is 2.43. The molecule has 2 heterocycles. The molecule has 3 heteroatoms. The van der Waals surface area contributed by atoms with Crippen LogP contribution in [0.1, 0.15) is 17.9 Å². The van der Waals surface area contributed by atoms with Gasteiger partial charge >= 0.3 is 0 Å². The number of nitrogens with one attached hydrogen (secondary N) is 2. The van der Waals surface area contributed by atoms with E-state index >= 15 is 0 Å². The summed E-state index contributed by atoms with van der Waals surface area (Å²) in [4.78, 5) is 0. The fraction of sp³-hybridized carbons (Fsp3) is 0.571. The maximum atomic E-state index is 6.17. The average Bonchev–Trinajstić information content (AvgIpc) is 2.41. The predicted molar refractivity (Wildman–Crippen MR) is 68.2 cm³/mol. The van der Waals surface area contributed by atoms with Crippen molar-refractivity contribution in [2.75, 3.05) is 32.8 Å². The molecule has 2 unspecified atom stereocenters. The van der Waals surface area contributed by atoms with Gasteiger partial charge in [0.1, 0.15) is 0 Å². The predicted octanol–water partition coefficient (Wildman–Crippen LogP) is 1.12. The van der Waals surface area contributed by atoms with Gasteiger partial charge in [-0.1, -0.05) is 30.3 Å². The summed E-state index contributed by atoms with van der Waals surface area (Å²) in [6.45, 7) is 4.88. The number of ether oxygens (including phenoxy) is 1. The highest BCUT2D eigenvalue weighted by Crippen LogP contribution is 2.36. The molecule has 2 fully saturated rings. The zero-order valence-corrected chi connectivity index (χ0v) is 10.1. The molecule has 0 aliphatic carbocycles. The summed E-state index contributed by atoms with van der Waals surface area (Å²) in [5.41, 5.74) is 1.40. The van der Waals surface area contributed by atoms with Crippen LogP contribution >= 0.6 is 0 Å². The third-order valence-corrected chi connectivity index (χ3v) is 4.00. The fourth-order valence-corrected chi connectivity index (χ4v) is 3.08. The summed E-state index contributed by atoms with van der Waals surface area (Å²) in [5.74, 6) is 0.463. The van der Waals surface area contributed by atoms with Crippen molar-refractivity contribution in [3.8, 4) is 0 Å². The Labute approximate surface area is 103 Å². The first kappa shape index (κ1) is 11.2. The van der Waals surface area contributed by atoms with E-state index in [-0.39, 0.29) is 5.60 Å². The zero-order valence-electron chi connectivity index (χ0n) is 10.1. The molecule has 2 N–H and O–H groups in total. The van der Waals surface area contributed by atoms with Crippen molar-refractivity contribution in [2.24, 2.45) is 0 Å². The largest absolute Gasteiger partial charge is 0.372 e. The Bertz CT molecular complexity index is 351. The average molecular weight is 232 g/mol. The molecule has 1 aromatic rings. The van der Waals surface area contributed by atoms with Gasteiger partial charge in [-0.05, 0) is 18.5 Å². The van der Waals surface area contributed by atoms with Gasteiger partial charge in [0.15, 0.2) is 0 Å². The SMILES string of the molecule is c1ccc(C2CNCCC23CNCCO3)cc1. The van der Waals surface area contributed by atoms with Crippen molar-refractivity contribution in [3.63, 3.8) is 0 Å². The van der Waals surface area contributed by atoms with Crippen molar-refractivity contribution in [2.45, 2.75) is 17.9 Å². The second-order valence-corrected chi connectivity index (χ2v) is 5.01. The molecule has 3 rings (SSSR count). The Hall–Kier alpha value is -0.900. The highest BCUT2D eigenvalue weighted by atomic mass is 16.5. The number of piperidine rings is 1. The molecular weight excluding hydrogens is 212 g/mol. The van der Waals surface area contributed by atoms with Crippen LogP contribution in [0.25, 0.3) is 0 Å². The summed E-state index contributed by atoms with van der Waals surface area (Å²) in [6.07, 6.45) is 1.10. The molecule has 3 nitrogen and oxygen atoms in total. The van der Waals surface area contributed by atoms with E-state index in [0.29, 0.717) is 5.92 Å². The van der Waals surface area contributed by atoms with Gasteiger partial charge < -0.3 is 15.4 Å². The zero-order chi connectivity index (χ0) is 11.6. The van der Waals surface area contributed by atoms with E-state index in [0.717, 1.165) is 39.2 Å². The van der Waals surface area contributed by atoms with Crippen molar-refractivity contribution in [1.82, 2.24) is 10.6 Å². The van der Waals surface area contributed by atoms with E-state index in [9.17, 15) is 0 Å². The van der Waals surface area contributed by atoms with E-state index in [2.05, 4.69) is 41.0 Å². The molecule has 2 aliphatic heterocycles. The van der Waals surface area contributed by atoms with Crippen molar-refractivity contribution < 1.29 is 4.74 Å². The molecule has 1 aromatic carbocycles. The van der Waals surface area contributed by atoms with E-state index < -0.39 is 0 Å². The third-order valence-electron chi connectivity index (χ3n) is 4.00. The maximum absolute atomic E-state index is 6.17. The minimum Gasteiger partial charge on any atom is -0.372 e. The van der Waals surface area contributed by atoms with Crippen LogP contribution in [0.2, 0.25) is 0 Å². The van der Waals surface area contributed by atoms with Crippen molar-refractivity contribution in [1.29, 1.82) is 0 Å². The van der Waals surface area contributed by atoms with Crippen LogP contribution in [-0.2, 0) is 4.74 Å². The topological polar surface area (TPSA) is 33.3 Å². The molecule has 1 spiro atoms. The lowest BCUT2D eigenvalue weighted by molar-refractivity contribution is -0.0972. The molecule has 0 aromatic heterocycles. The lowest BCUT2D eigenvalue weighted by Gasteiger charge is -2.47. The number of rotatable bonds is 1. The smallest absolute Gasteiger partial charge is 0.0899 e. The normalized spacial score (nSPS) is 33.8. The number of hydrogen-bond acceptors (Lipinski definition) is 3. The molecule has 92 valence electrons. The Morgan fingerprint density at radius 1 is 1.12 bits per heavy atom. The maximum Gasteiger partial charge on any atom is 0.0899 e. The molecule has 2 atom stereocenters. The van der Waals surface area contributed by atoms with Crippen LogP contribution in [0.3, 0.4) is 0 Å². The Balaban J connectivity index is 1.89. The van der Waals surface area contributed by atoms with Gasteiger partial charge in [-0.15, -0.1) is 0 Å². The van der Waals surface area contributed by atoms with Gasteiger partial charge in [0.2, 0.25) is 0 Å². The Kier molecular flexibility index (Phi) is 3.14. The summed E-state index contributed by atoms with van der Waals surface area (Å²) >= 11 is 0. The minimum absolute atomic E-state index is 0.00481. The molecule has 0 saturated carbocycles. The Morgan fingerprint density at radius 3 is 2.76 bits per heavy atom. The van der Waals surface area contributed by atoms with Crippen LogP contribution in [0, 0.1) is 0 Å². The van der Waals surface area contributed by atoms with E-state index in [4.69, 9.17) is 4.74 Å². The summed E-state index contributed by atoms with van der Waals surface area (Å²) in [6, 6.07) is 10.8. The van der Waals surface area contributed by atoms with Gasteiger partial charge in [-0.2, -0.15) is 0 Å². The van der Waals surface area contributed by atoms with Gasteiger partial charge in [0.25, 0.3) is 0 Å². The lowest BCUT2D eigenvalue weighted by atomic mass is 9.76. The highest BCUT2D eigenvalue weighted by molar-refractivity contribution is 5.25. The van der Waals surface area contributed by atoms with E-state index in [1.807, 2.05) is 0 Å². The van der Waals surface area contributed by atoms with Crippen LogP contribution in [0.4, 0.5) is 0 Å². The standard InChI is InChI=1S/C14H20N2O/c1-2-4-12(5-3-1)13-10-15-7-6-14(13)11-16-8-9-17-14/h1-5,13,15-16H,6-11H2. The van der Waals surface area contributed by atoms with E-state index in [1.54, 1.807) is 0 Å². The third kappa shape index (κ3) is 2.10. The molecule has 17 heavy (non-hydrogen) atoms. The molecule has 0 bridgehead atoms. The quantitative estimate of drug-likeness (QED) is 0.761. The van der Waals surface area contributed by atoms with Gasteiger partial charge in [0, 0.05) is 25.6 Å². The first-order chi connectivity index (χ1) is 8.41. The number of morpholine rings is 1. The summed E-state index contributed by atoms with van der Waals surface area (Å²) < 4.78 is 6.17. The number of benzene rings is 1. The molecule has 0 amide bonds. The second-order valence-electron chi connectivity index (χ2n) is 5.01. The van der Waals surface area contributed by atoms with Crippen molar-refractivity contribution >= 4 is 0 Å². The number of hydrogen-bond donors (Lipinski definition) is 2. The first-order valence-corrected chi connectivity index (χ1v) is 6.51. The van der Waals surface area contributed by atoms with Crippen LogP contribution in [0.15, 0.2) is 30.3 Å². The van der Waals surface area contributed by atoms with Gasteiger partial charge in [0.05, 0.1) is 12.2 Å². The second kappa shape index (κ2) is 4.77. The first-order valence-electron chi connectivity index (χ1n) is 6.51. The molecule has 2 aliphatic rings. The summed E-state index contributed by atoms with van der Waals surface area (Å²) in [5, 5.41) is 6.99. The van der Waals surface area contributed by atoms with Gasteiger partial charge in [-0.3, -0.25) is 0 Å². The van der Waals surface area contributed by atoms with Crippen LogP contribution in [0.5, 0.6) is 0 Å². The van der Waals surface area contributed by atoms with Crippen LogP contribution in [-0.4, -0.2) is 38.4 Å². The fourth-order valence-electron chi connectivity index (χ4n) is 3.08. The molecule has 0 radical (unpaired) electrons. The van der Waals surface area contributed by atoms with E-state index in [1.165, 1.54) is 5.56 Å². The summed E-state index contributed by atoms with van der Waals surface area (Å²) in [7, 11) is 0.